The third-order valence-electron chi connectivity index (χ3n) is 5.27. The average molecular weight is 359 g/mol. The van der Waals surface area contributed by atoms with Crippen molar-refractivity contribution in [2.24, 2.45) is 5.92 Å². The Labute approximate surface area is 149 Å². The molecule has 0 bridgehead atoms. The number of nitrogens with one attached hydrogen (secondary N) is 1. The molecule has 6 heteroatoms. The lowest BCUT2D eigenvalue weighted by molar-refractivity contribution is 0.288. The summed E-state index contributed by atoms with van der Waals surface area (Å²) < 4.78 is 27.9. The molecule has 1 aliphatic heterocycles. The van der Waals surface area contributed by atoms with Gasteiger partial charge in [-0.05, 0) is 62.8 Å². The average Bonchev–Trinajstić information content (AvgIpc) is 3.44. The van der Waals surface area contributed by atoms with Gasteiger partial charge in [-0.1, -0.05) is 12.1 Å². The molecular formula is C19H25N3O2S. The van der Waals surface area contributed by atoms with Crippen molar-refractivity contribution in [3.63, 3.8) is 0 Å². The zero-order valence-electron chi connectivity index (χ0n) is 14.6. The lowest BCUT2D eigenvalue weighted by Crippen LogP contribution is -2.45. The number of para-hydroxylation sites is 1. The van der Waals surface area contributed by atoms with Crippen LogP contribution in [0.3, 0.4) is 0 Å². The largest absolute Gasteiger partial charge is 0.314 e. The molecule has 2 heterocycles. The van der Waals surface area contributed by atoms with E-state index in [-0.39, 0.29) is 0 Å². The van der Waals surface area contributed by atoms with E-state index in [9.17, 15) is 8.42 Å². The number of sulfonamides is 1. The molecule has 0 radical (unpaired) electrons. The summed E-state index contributed by atoms with van der Waals surface area (Å²) in [5.74, 6) is 0.854. The zero-order valence-corrected chi connectivity index (χ0v) is 15.4. The third kappa shape index (κ3) is 3.57. The Kier molecular flexibility index (Phi) is 4.52. The van der Waals surface area contributed by atoms with Crippen molar-refractivity contribution in [2.75, 3.05) is 19.6 Å². The van der Waals surface area contributed by atoms with Crippen molar-refractivity contribution >= 4 is 20.9 Å². The Hall–Kier alpha value is -1.50. The molecule has 4 rings (SSSR count). The summed E-state index contributed by atoms with van der Waals surface area (Å²) in [4.78, 5) is 4.72. The molecule has 0 unspecified atom stereocenters. The van der Waals surface area contributed by atoms with Crippen LogP contribution < -0.4 is 5.32 Å². The molecule has 0 atom stereocenters. The number of hydrogen-bond acceptors (Lipinski definition) is 4. The van der Waals surface area contributed by atoms with Crippen molar-refractivity contribution in [1.29, 1.82) is 0 Å². The van der Waals surface area contributed by atoms with Crippen LogP contribution in [0.4, 0.5) is 0 Å². The van der Waals surface area contributed by atoms with Gasteiger partial charge in [0.15, 0.2) is 0 Å². The van der Waals surface area contributed by atoms with E-state index < -0.39 is 10.0 Å². The van der Waals surface area contributed by atoms with Gasteiger partial charge in [-0.15, -0.1) is 0 Å². The smallest absolute Gasteiger partial charge is 0.245 e. The van der Waals surface area contributed by atoms with Crippen LogP contribution in [-0.4, -0.2) is 43.4 Å². The summed E-state index contributed by atoms with van der Waals surface area (Å²) in [6.07, 6.45) is 6.17. The van der Waals surface area contributed by atoms with Crippen LogP contribution in [0, 0.1) is 12.8 Å². The number of piperidine rings is 1. The molecule has 1 aromatic heterocycles. The van der Waals surface area contributed by atoms with E-state index in [1.165, 1.54) is 12.8 Å². The first kappa shape index (κ1) is 16.9. The maximum absolute atomic E-state index is 13.1. The van der Waals surface area contributed by atoms with Gasteiger partial charge in [0.05, 0.1) is 5.52 Å². The van der Waals surface area contributed by atoms with Gasteiger partial charge in [0.25, 0.3) is 0 Å². The highest BCUT2D eigenvalue weighted by atomic mass is 32.2. The Balaban J connectivity index is 1.52. The van der Waals surface area contributed by atoms with Gasteiger partial charge in [0.1, 0.15) is 4.90 Å². The van der Waals surface area contributed by atoms with Gasteiger partial charge in [0.2, 0.25) is 10.0 Å². The van der Waals surface area contributed by atoms with E-state index in [0.717, 1.165) is 36.3 Å². The fraction of sp³-hybridized carbons (Fsp3) is 0.526. The maximum Gasteiger partial charge on any atom is 0.245 e. The SMILES string of the molecule is Cc1cnc2c(S(=O)(=O)N3CCC(NCC4CC4)CC3)cccc2c1. The van der Waals surface area contributed by atoms with Gasteiger partial charge in [-0.2, -0.15) is 4.31 Å². The second-order valence-electron chi connectivity index (χ2n) is 7.37. The normalized spacial score (nSPS) is 20.2. The maximum atomic E-state index is 13.1. The molecule has 1 saturated carbocycles. The quantitative estimate of drug-likeness (QED) is 0.892. The van der Waals surface area contributed by atoms with Gasteiger partial charge in [0, 0.05) is 30.7 Å². The summed E-state index contributed by atoms with van der Waals surface area (Å²) in [5.41, 5.74) is 1.60. The highest BCUT2D eigenvalue weighted by Crippen LogP contribution is 2.29. The van der Waals surface area contributed by atoms with Crippen LogP contribution >= 0.6 is 0 Å². The molecule has 2 aromatic rings. The number of rotatable bonds is 5. The zero-order chi connectivity index (χ0) is 17.4. The van der Waals surface area contributed by atoms with E-state index in [1.54, 1.807) is 22.6 Å². The number of aromatic nitrogens is 1. The molecule has 5 nitrogen and oxygen atoms in total. The first-order valence-electron chi connectivity index (χ1n) is 9.13. The van der Waals surface area contributed by atoms with Gasteiger partial charge >= 0.3 is 0 Å². The number of pyridine rings is 1. The van der Waals surface area contributed by atoms with Crippen LogP contribution in [0.15, 0.2) is 35.4 Å². The minimum Gasteiger partial charge on any atom is -0.314 e. The van der Waals surface area contributed by atoms with Gasteiger partial charge in [-0.3, -0.25) is 4.98 Å². The van der Waals surface area contributed by atoms with Crippen LogP contribution in [-0.2, 0) is 10.0 Å². The predicted octanol–water partition coefficient (Wildman–Crippen LogP) is 2.70. The summed E-state index contributed by atoms with van der Waals surface area (Å²) in [6.45, 7) is 4.21. The van der Waals surface area contributed by atoms with Crippen molar-refractivity contribution in [3.05, 3.63) is 36.0 Å². The Morgan fingerprint density at radius 3 is 2.68 bits per heavy atom. The summed E-state index contributed by atoms with van der Waals surface area (Å²) in [6, 6.07) is 7.83. The molecule has 25 heavy (non-hydrogen) atoms. The van der Waals surface area contributed by atoms with Crippen LogP contribution in [0.5, 0.6) is 0 Å². The second-order valence-corrected chi connectivity index (χ2v) is 9.28. The number of fused-ring (bicyclic) bond motifs is 1. The highest BCUT2D eigenvalue weighted by Gasteiger charge is 2.31. The number of benzene rings is 1. The standard InChI is InChI=1S/C19H25N3O2S/c1-14-11-16-3-2-4-18(19(16)21-12-14)25(23,24)22-9-7-17(8-10-22)20-13-15-5-6-15/h2-4,11-12,15,17,20H,5-10,13H2,1H3. The molecule has 2 fully saturated rings. The summed E-state index contributed by atoms with van der Waals surface area (Å²) in [5, 5.41) is 4.47. The monoisotopic (exact) mass is 359 g/mol. The number of aryl methyl sites for hydroxylation is 1. The number of hydrogen-bond donors (Lipinski definition) is 1. The van der Waals surface area contributed by atoms with E-state index in [1.807, 2.05) is 19.1 Å². The van der Waals surface area contributed by atoms with Crippen molar-refractivity contribution in [3.8, 4) is 0 Å². The van der Waals surface area contributed by atoms with Gasteiger partial charge in [-0.25, -0.2) is 8.42 Å². The molecule has 1 aliphatic carbocycles. The predicted molar refractivity (Wildman–Crippen MR) is 99.0 cm³/mol. The molecule has 134 valence electrons. The molecule has 0 amide bonds. The van der Waals surface area contributed by atoms with Gasteiger partial charge < -0.3 is 5.32 Å². The fourth-order valence-electron chi connectivity index (χ4n) is 3.55. The van der Waals surface area contributed by atoms with Crippen LogP contribution in [0.2, 0.25) is 0 Å². The molecule has 1 saturated heterocycles. The Bertz CT molecular complexity index is 869. The Morgan fingerprint density at radius 2 is 1.96 bits per heavy atom. The minimum atomic E-state index is -3.50. The van der Waals surface area contributed by atoms with Crippen LogP contribution in [0.1, 0.15) is 31.2 Å². The molecule has 0 spiro atoms. The summed E-state index contributed by atoms with van der Waals surface area (Å²) >= 11 is 0. The lowest BCUT2D eigenvalue weighted by Gasteiger charge is -2.32. The van der Waals surface area contributed by atoms with Crippen LogP contribution in [0.25, 0.3) is 10.9 Å². The molecule has 1 aromatic carbocycles. The van der Waals surface area contributed by atoms with Crippen molar-refractivity contribution in [2.45, 2.75) is 43.5 Å². The van der Waals surface area contributed by atoms with Crippen molar-refractivity contribution < 1.29 is 8.42 Å². The van der Waals surface area contributed by atoms with E-state index in [0.29, 0.717) is 29.5 Å². The topological polar surface area (TPSA) is 62.3 Å². The fourth-order valence-corrected chi connectivity index (χ4v) is 5.18. The highest BCUT2D eigenvalue weighted by molar-refractivity contribution is 7.89. The first-order chi connectivity index (χ1) is 12.0. The second kappa shape index (κ2) is 6.67. The molecule has 1 N–H and O–H groups in total. The summed E-state index contributed by atoms with van der Waals surface area (Å²) in [7, 11) is -3.50. The van der Waals surface area contributed by atoms with E-state index in [4.69, 9.17) is 0 Å². The molecule has 2 aliphatic rings. The Morgan fingerprint density at radius 1 is 1.20 bits per heavy atom. The van der Waals surface area contributed by atoms with E-state index >= 15 is 0 Å². The number of nitrogens with zero attached hydrogens (tertiary/aromatic N) is 2. The third-order valence-corrected chi connectivity index (χ3v) is 7.20. The first-order valence-corrected chi connectivity index (χ1v) is 10.6. The lowest BCUT2D eigenvalue weighted by atomic mass is 10.1. The molecular weight excluding hydrogens is 334 g/mol. The van der Waals surface area contributed by atoms with Crippen molar-refractivity contribution in [1.82, 2.24) is 14.6 Å². The minimum absolute atomic E-state index is 0.328. The van der Waals surface area contributed by atoms with E-state index in [2.05, 4.69) is 10.3 Å².